The number of para-hydroxylation sites is 2. The molecule has 30 heavy (non-hydrogen) atoms. The molecule has 2 aliphatic rings. The molecule has 5 nitrogen and oxygen atoms in total. The minimum absolute atomic E-state index is 0.0493. The number of benzene rings is 2. The van der Waals surface area contributed by atoms with Gasteiger partial charge in [0.15, 0.2) is 17.3 Å². The third-order valence-electron chi connectivity index (χ3n) is 5.60. The summed E-state index contributed by atoms with van der Waals surface area (Å²) in [7, 11) is 1.64. The second-order valence-corrected chi connectivity index (χ2v) is 9.16. The average Bonchev–Trinajstić information content (AvgIpc) is 2.83. The van der Waals surface area contributed by atoms with Crippen LogP contribution in [0.15, 0.2) is 53.7 Å². The van der Waals surface area contributed by atoms with Gasteiger partial charge in [0.05, 0.1) is 30.6 Å². The highest BCUT2D eigenvalue weighted by Gasteiger charge is 2.38. The van der Waals surface area contributed by atoms with Crippen molar-refractivity contribution in [1.29, 1.82) is 0 Å². The molecule has 0 spiro atoms. The average molecular weight is 407 g/mol. The van der Waals surface area contributed by atoms with Gasteiger partial charge in [-0.05, 0) is 55.5 Å². The van der Waals surface area contributed by atoms with Crippen molar-refractivity contribution in [2.45, 2.75) is 52.7 Å². The summed E-state index contributed by atoms with van der Waals surface area (Å²) in [6, 6.07) is 13.7. The Kier molecular flexibility index (Phi) is 5.22. The van der Waals surface area contributed by atoms with Gasteiger partial charge in [-0.25, -0.2) is 0 Å². The predicted molar refractivity (Wildman–Crippen MR) is 120 cm³/mol. The van der Waals surface area contributed by atoms with Crippen molar-refractivity contribution < 1.29 is 14.3 Å². The number of anilines is 2. The highest BCUT2D eigenvalue weighted by molar-refractivity contribution is 6.01. The Morgan fingerprint density at radius 1 is 1.03 bits per heavy atom. The van der Waals surface area contributed by atoms with Crippen LogP contribution in [0.3, 0.4) is 0 Å². The van der Waals surface area contributed by atoms with E-state index < -0.39 is 0 Å². The van der Waals surface area contributed by atoms with Crippen LogP contribution in [0.2, 0.25) is 0 Å². The molecule has 2 aromatic rings. The molecule has 2 aromatic carbocycles. The van der Waals surface area contributed by atoms with Crippen LogP contribution in [0, 0.1) is 5.41 Å². The number of methoxy groups -OCH3 is 1. The monoisotopic (exact) mass is 406 g/mol. The molecule has 158 valence electrons. The fraction of sp³-hybridized carbons (Fsp3) is 0.400. The van der Waals surface area contributed by atoms with Gasteiger partial charge < -0.3 is 20.1 Å². The van der Waals surface area contributed by atoms with E-state index in [1.807, 2.05) is 56.3 Å². The van der Waals surface area contributed by atoms with Crippen molar-refractivity contribution in [3.8, 4) is 11.5 Å². The lowest BCUT2D eigenvalue weighted by molar-refractivity contribution is -0.118. The van der Waals surface area contributed by atoms with Gasteiger partial charge in [-0.3, -0.25) is 4.79 Å². The minimum atomic E-state index is -0.262. The summed E-state index contributed by atoms with van der Waals surface area (Å²) in [6.07, 6.45) is 1.41. The number of carbonyl (C=O) groups is 1. The molecule has 1 aliphatic heterocycles. The molecular weight excluding hydrogens is 376 g/mol. The number of hydrogen-bond donors (Lipinski definition) is 2. The number of Topliss-reactive ketones (excluding diaryl/α,β-unsaturated/α-hetero) is 1. The Labute approximate surface area is 178 Å². The largest absolute Gasteiger partial charge is 0.493 e. The lowest BCUT2D eigenvalue weighted by Gasteiger charge is -2.34. The SMILES string of the molecule is COc1cc([C@H]2Nc3ccccc3NC3=C2C(=O)CC(C)(C)C3)ccc1OC(C)C. The molecule has 0 saturated carbocycles. The van der Waals surface area contributed by atoms with Gasteiger partial charge in [-0.2, -0.15) is 0 Å². The Bertz CT molecular complexity index is 1010. The predicted octanol–water partition coefficient (Wildman–Crippen LogP) is 5.70. The Balaban J connectivity index is 1.83. The Morgan fingerprint density at radius 2 is 1.77 bits per heavy atom. The molecular formula is C25H30N2O3. The standard InChI is InChI=1S/C25H30N2O3/c1-15(2)30-21-11-10-16(12-22(21)29-5)24-23-19(13-25(3,4)14-20(23)28)26-17-8-6-7-9-18(17)27-24/h6-12,15,24,26-27H,13-14H2,1-5H3/t24-/m1/s1. The van der Waals surface area contributed by atoms with Gasteiger partial charge >= 0.3 is 0 Å². The normalized spacial score (nSPS) is 19.9. The van der Waals surface area contributed by atoms with E-state index in [9.17, 15) is 4.79 Å². The zero-order valence-electron chi connectivity index (χ0n) is 18.3. The molecule has 4 rings (SSSR count). The summed E-state index contributed by atoms with van der Waals surface area (Å²) in [4.78, 5) is 13.3. The minimum Gasteiger partial charge on any atom is -0.493 e. The van der Waals surface area contributed by atoms with Crippen molar-refractivity contribution in [2.24, 2.45) is 5.41 Å². The number of ether oxygens (including phenoxy) is 2. The maximum Gasteiger partial charge on any atom is 0.163 e. The third kappa shape index (κ3) is 3.89. The number of hydrogen-bond acceptors (Lipinski definition) is 5. The number of ketones is 1. The highest BCUT2D eigenvalue weighted by atomic mass is 16.5. The smallest absolute Gasteiger partial charge is 0.163 e. The summed E-state index contributed by atoms with van der Waals surface area (Å²) < 4.78 is 11.5. The number of nitrogens with one attached hydrogen (secondary N) is 2. The van der Waals surface area contributed by atoms with Gasteiger partial charge in [0, 0.05) is 17.7 Å². The van der Waals surface area contributed by atoms with Crippen LogP contribution in [-0.4, -0.2) is 19.0 Å². The summed E-state index contributed by atoms with van der Waals surface area (Å²) in [5.41, 5.74) is 4.68. The quantitative estimate of drug-likeness (QED) is 0.682. The van der Waals surface area contributed by atoms with Crippen LogP contribution >= 0.6 is 0 Å². The third-order valence-corrected chi connectivity index (χ3v) is 5.60. The van der Waals surface area contributed by atoms with E-state index in [-0.39, 0.29) is 23.3 Å². The highest BCUT2D eigenvalue weighted by Crippen LogP contribution is 2.46. The molecule has 1 atom stereocenters. The van der Waals surface area contributed by atoms with Crippen molar-refractivity contribution in [3.05, 3.63) is 59.3 Å². The Morgan fingerprint density at radius 3 is 2.47 bits per heavy atom. The first-order valence-electron chi connectivity index (χ1n) is 10.5. The number of carbonyl (C=O) groups excluding carboxylic acids is 1. The lowest BCUT2D eigenvalue weighted by atomic mass is 9.73. The number of rotatable bonds is 4. The van der Waals surface area contributed by atoms with E-state index >= 15 is 0 Å². The van der Waals surface area contributed by atoms with Crippen LogP contribution in [0.4, 0.5) is 11.4 Å². The molecule has 0 saturated heterocycles. The van der Waals surface area contributed by atoms with Gasteiger partial charge in [-0.15, -0.1) is 0 Å². The van der Waals surface area contributed by atoms with Crippen LogP contribution in [0.1, 0.15) is 52.1 Å². The fourth-order valence-electron chi connectivity index (χ4n) is 4.35. The first-order chi connectivity index (χ1) is 14.3. The zero-order valence-corrected chi connectivity index (χ0v) is 18.3. The van der Waals surface area contributed by atoms with E-state index in [0.29, 0.717) is 17.9 Å². The zero-order chi connectivity index (χ0) is 21.5. The second kappa shape index (κ2) is 7.71. The summed E-state index contributed by atoms with van der Waals surface area (Å²) in [5.74, 6) is 1.55. The summed E-state index contributed by atoms with van der Waals surface area (Å²) in [6.45, 7) is 8.28. The van der Waals surface area contributed by atoms with Crippen molar-refractivity contribution in [1.82, 2.24) is 0 Å². The van der Waals surface area contributed by atoms with Gasteiger partial charge in [0.1, 0.15) is 0 Å². The molecule has 0 bridgehead atoms. The number of fused-ring (bicyclic) bond motifs is 1. The van der Waals surface area contributed by atoms with E-state index in [2.05, 4.69) is 24.5 Å². The molecule has 2 N–H and O–H groups in total. The van der Waals surface area contributed by atoms with Crippen molar-refractivity contribution in [3.63, 3.8) is 0 Å². The van der Waals surface area contributed by atoms with Crippen molar-refractivity contribution >= 4 is 17.2 Å². The van der Waals surface area contributed by atoms with Gasteiger partial charge in [0.25, 0.3) is 0 Å². The maximum absolute atomic E-state index is 13.3. The van der Waals surface area contributed by atoms with Crippen LogP contribution in [0.25, 0.3) is 0 Å². The summed E-state index contributed by atoms with van der Waals surface area (Å²) in [5, 5.41) is 7.16. The first kappa shape index (κ1) is 20.3. The van der Waals surface area contributed by atoms with E-state index in [1.165, 1.54) is 0 Å². The number of allylic oxidation sites excluding steroid dienone is 1. The van der Waals surface area contributed by atoms with E-state index in [4.69, 9.17) is 9.47 Å². The molecule has 1 heterocycles. The van der Waals surface area contributed by atoms with E-state index in [1.54, 1.807) is 7.11 Å². The van der Waals surface area contributed by atoms with E-state index in [0.717, 1.165) is 34.6 Å². The maximum atomic E-state index is 13.3. The molecule has 0 radical (unpaired) electrons. The van der Waals surface area contributed by atoms with Gasteiger partial charge in [0.2, 0.25) is 0 Å². The molecule has 0 unspecified atom stereocenters. The van der Waals surface area contributed by atoms with Crippen LogP contribution < -0.4 is 20.1 Å². The topological polar surface area (TPSA) is 59.6 Å². The molecule has 5 heteroatoms. The summed E-state index contributed by atoms with van der Waals surface area (Å²) >= 11 is 0. The van der Waals surface area contributed by atoms with Gasteiger partial charge in [-0.1, -0.05) is 32.0 Å². The molecule has 0 aromatic heterocycles. The first-order valence-corrected chi connectivity index (χ1v) is 10.5. The fourth-order valence-corrected chi connectivity index (χ4v) is 4.35. The lowest BCUT2D eigenvalue weighted by Crippen LogP contribution is -2.31. The second-order valence-electron chi connectivity index (χ2n) is 9.16. The van der Waals surface area contributed by atoms with Crippen LogP contribution in [0.5, 0.6) is 11.5 Å². The van der Waals surface area contributed by atoms with Crippen molar-refractivity contribution in [2.75, 3.05) is 17.7 Å². The molecule has 1 aliphatic carbocycles. The Hall–Kier alpha value is -2.95. The molecule has 0 amide bonds. The molecule has 0 fully saturated rings. The van der Waals surface area contributed by atoms with Crippen LogP contribution in [-0.2, 0) is 4.79 Å².